The number of anilines is 1. The Bertz CT molecular complexity index is 1740. The number of carbonyl (C=O) groups excluding carboxylic acids is 3. The van der Waals surface area contributed by atoms with Gasteiger partial charge in [-0.25, -0.2) is 9.69 Å². The van der Waals surface area contributed by atoms with Crippen molar-refractivity contribution in [3.05, 3.63) is 111 Å². The van der Waals surface area contributed by atoms with E-state index >= 15 is 0 Å². The zero-order valence-electron chi connectivity index (χ0n) is 21.8. The molecule has 1 fully saturated rings. The zero-order chi connectivity index (χ0) is 29.5. The van der Waals surface area contributed by atoms with Crippen molar-refractivity contribution in [3.8, 4) is 5.75 Å². The molecule has 0 aliphatic carbocycles. The van der Waals surface area contributed by atoms with Gasteiger partial charge in [-0.2, -0.15) is 13.2 Å². The van der Waals surface area contributed by atoms with Gasteiger partial charge >= 0.3 is 12.2 Å². The minimum absolute atomic E-state index is 0.196. The number of benzene rings is 4. The van der Waals surface area contributed by atoms with Crippen LogP contribution in [0.15, 0.2) is 78.4 Å². The fourth-order valence-corrected chi connectivity index (χ4v) is 4.95. The van der Waals surface area contributed by atoms with Crippen LogP contribution in [-0.4, -0.2) is 17.8 Å². The number of halogens is 4. The van der Waals surface area contributed by atoms with Crippen molar-refractivity contribution in [2.75, 3.05) is 4.90 Å². The first kappa shape index (κ1) is 27.9. The summed E-state index contributed by atoms with van der Waals surface area (Å²) in [5.41, 5.74) is 1.32. The number of ether oxygens (including phenoxy) is 1. The summed E-state index contributed by atoms with van der Waals surface area (Å²) in [6.07, 6.45) is -3.48. The number of rotatable bonds is 5. The predicted octanol–water partition coefficient (Wildman–Crippen LogP) is 7.37. The molecule has 0 atom stereocenters. The molecular weight excluding hydrogens is 557 g/mol. The molecule has 0 radical (unpaired) electrons. The molecule has 41 heavy (non-hydrogen) atoms. The molecule has 1 aliphatic rings. The monoisotopic (exact) mass is 578 g/mol. The van der Waals surface area contributed by atoms with Gasteiger partial charge in [-0.05, 0) is 60.5 Å². The maximum Gasteiger partial charge on any atom is 0.416 e. The number of barbiturate groups is 1. The van der Waals surface area contributed by atoms with Crippen LogP contribution in [0.2, 0.25) is 5.02 Å². The van der Waals surface area contributed by atoms with Crippen molar-refractivity contribution < 1.29 is 32.3 Å². The van der Waals surface area contributed by atoms with E-state index in [1.165, 1.54) is 6.08 Å². The number of hydrogen-bond donors (Lipinski definition) is 1. The van der Waals surface area contributed by atoms with Crippen molar-refractivity contribution in [1.82, 2.24) is 5.32 Å². The summed E-state index contributed by atoms with van der Waals surface area (Å²) in [4.78, 5) is 39.6. The van der Waals surface area contributed by atoms with Crippen molar-refractivity contribution in [1.29, 1.82) is 0 Å². The second-order valence-corrected chi connectivity index (χ2v) is 10.0. The van der Waals surface area contributed by atoms with Gasteiger partial charge in [-0.3, -0.25) is 14.9 Å². The summed E-state index contributed by atoms with van der Waals surface area (Å²) >= 11 is 6.11. The van der Waals surface area contributed by atoms with Gasteiger partial charge in [0.25, 0.3) is 11.8 Å². The summed E-state index contributed by atoms with van der Waals surface area (Å²) in [6, 6.07) is 17.8. The third kappa shape index (κ3) is 5.67. The van der Waals surface area contributed by atoms with Gasteiger partial charge in [-0.1, -0.05) is 71.3 Å². The van der Waals surface area contributed by atoms with E-state index in [9.17, 15) is 27.6 Å². The first-order valence-corrected chi connectivity index (χ1v) is 12.8. The van der Waals surface area contributed by atoms with Crippen LogP contribution in [0.4, 0.5) is 23.7 Å². The number of alkyl halides is 3. The van der Waals surface area contributed by atoms with Crippen LogP contribution in [0, 0.1) is 13.8 Å². The SMILES string of the molecule is Cc1cc(C)cc(COc2ccc3ccccc3c2/C=C2/C(=O)NC(=O)N(c3cc(C(F)(F)F)ccc3Cl)C2=O)c1. The Morgan fingerprint density at radius 2 is 1.63 bits per heavy atom. The molecule has 0 unspecified atom stereocenters. The molecule has 0 saturated carbocycles. The van der Waals surface area contributed by atoms with Gasteiger partial charge in [-0.15, -0.1) is 0 Å². The van der Waals surface area contributed by atoms with E-state index in [-0.39, 0.29) is 11.6 Å². The lowest BCUT2D eigenvalue weighted by atomic mass is 9.99. The second kappa shape index (κ2) is 10.7. The Morgan fingerprint density at radius 1 is 0.927 bits per heavy atom. The smallest absolute Gasteiger partial charge is 0.416 e. The second-order valence-electron chi connectivity index (χ2n) is 9.60. The molecule has 10 heteroatoms. The molecule has 6 nitrogen and oxygen atoms in total. The van der Waals surface area contributed by atoms with Crippen LogP contribution < -0.4 is 15.0 Å². The van der Waals surface area contributed by atoms with Crippen molar-refractivity contribution in [2.24, 2.45) is 0 Å². The van der Waals surface area contributed by atoms with Crippen LogP contribution in [0.3, 0.4) is 0 Å². The average molecular weight is 579 g/mol. The lowest BCUT2D eigenvalue weighted by molar-refractivity contribution is -0.137. The van der Waals surface area contributed by atoms with Gasteiger partial charge in [0.15, 0.2) is 0 Å². The topological polar surface area (TPSA) is 75.7 Å². The fraction of sp³-hybridized carbons (Fsp3) is 0.129. The molecule has 5 rings (SSSR count). The Balaban J connectivity index is 1.60. The Hall–Kier alpha value is -4.63. The maximum absolute atomic E-state index is 13.6. The standard InChI is InChI=1S/C31H22ClF3N2O4/c1-17-11-18(2)13-19(12-17)16-41-27-10-7-20-5-3-4-6-22(20)23(27)15-24-28(38)36-30(40)37(29(24)39)26-14-21(31(33,34)35)8-9-25(26)32/h3-15H,16H2,1-2H3,(H,36,38,40)/b24-15-. The van der Waals surface area contributed by atoms with Gasteiger partial charge < -0.3 is 4.74 Å². The molecule has 1 N–H and O–H groups in total. The molecule has 1 aliphatic heterocycles. The van der Waals surface area contributed by atoms with E-state index < -0.39 is 40.8 Å². The number of nitrogens with zero attached hydrogens (tertiary/aromatic N) is 1. The number of imide groups is 2. The quantitative estimate of drug-likeness (QED) is 0.198. The number of carbonyl (C=O) groups is 3. The lowest BCUT2D eigenvalue weighted by Crippen LogP contribution is -2.54. The molecule has 0 aromatic heterocycles. The molecule has 4 aromatic rings. The minimum Gasteiger partial charge on any atom is -0.488 e. The van der Waals surface area contributed by atoms with Crippen molar-refractivity contribution >= 4 is 52.0 Å². The van der Waals surface area contributed by atoms with E-state index in [0.29, 0.717) is 27.7 Å². The Labute approximate surface area is 238 Å². The number of urea groups is 1. The first-order valence-electron chi connectivity index (χ1n) is 12.4. The van der Waals surface area contributed by atoms with E-state index in [1.807, 2.05) is 55.6 Å². The molecule has 1 heterocycles. The van der Waals surface area contributed by atoms with Gasteiger partial charge in [0.1, 0.15) is 17.9 Å². The molecule has 1 saturated heterocycles. The number of fused-ring (bicyclic) bond motifs is 1. The highest BCUT2D eigenvalue weighted by atomic mass is 35.5. The fourth-order valence-electron chi connectivity index (χ4n) is 4.74. The van der Waals surface area contributed by atoms with Crippen LogP contribution in [0.5, 0.6) is 5.75 Å². The highest BCUT2D eigenvalue weighted by Gasteiger charge is 2.39. The molecule has 208 valence electrons. The van der Waals surface area contributed by atoms with Gasteiger partial charge in [0.2, 0.25) is 0 Å². The maximum atomic E-state index is 13.6. The normalized spacial score (nSPS) is 15.0. The average Bonchev–Trinajstić information content (AvgIpc) is 2.90. The molecular formula is C31H22ClF3N2O4. The first-order chi connectivity index (χ1) is 19.4. The molecule has 4 aromatic carbocycles. The zero-order valence-corrected chi connectivity index (χ0v) is 22.6. The highest BCUT2D eigenvalue weighted by Crippen LogP contribution is 2.37. The van der Waals surface area contributed by atoms with Crippen LogP contribution in [0.25, 0.3) is 16.8 Å². The molecule has 0 spiro atoms. The summed E-state index contributed by atoms with van der Waals surface area (Å²) in [5, 5.41) is 3.19. The van der Waals surface area contributed by atoms with E-state index in [1.54, 1.807) is 18.2 Å². The van der Waals surface area contributed by atoms with Crippen molar-refractivity contribution in [3.63, 3.8) is 0 Å². The third-order valence-electron chi connectivity index (χ3n) is 6.51. The van der Waals surface area contributed by atoms with Gasteiger partial charge in [0, 0.05) is 5.56 Å². The largest absolute Gasteiger partial charge is 0.488 e. The number of aryl methyl sites for hydroxylation is 2. The summed E-state index contributed by atoms with van der Waals surface area (Å²) < 4.78 is 46.3. The van der Waals surface area contributed by atoms with Crippen LogP contribution >= 0.6 is 11.6 Å². The summed E-state index contributed by atoms with van der Waals surface area (Å²) in [5.74, 6) is -1.78. The lowest BCUT2D eigenvalue weighted by Gasteiger charge is -2.27. The van der Waals surface area contributed by atoms with E-state index in [0.717, 1.165) is 34.2 Å². The predicted molar refractivity (Wildman–Crippen MR) is 150 cm³/mol. The third-order valence-corrected chi connectivity index (χ3v) is 6.83. The Morgan fingerprint density at radius 3 is 2.34 bits per heavy atom. The number of amides is 4. The summed E-state index contributed by atoms with van der Waals surface area (Å²) in [6.45, 7) is 4.14. The number of hydrogen-bond acceptors (Lipinski definition) is 4. The highest BCUT2D eigenvalue weighted by molar-refractivity contribution is 6.42. The van der Waals surface area contributed by atoms with E-state index in [4.69, 9.17) is 16.3 Å². The summed E-state index contributed by atoms with van der Waals surface area (Å²) in [7, 11) is 0. The van der Waals surface area contributed by atoms with Gasteiger partial charge in [0.05, 0.1) is 16.3 Å². The molecule has 4 amide bonds. The number of nitrogens with one attached hydrogen (secondary N) is 1. The van der Waals surface area contributed by atoms with Crippen molar-refractivity contribution in [2.45, 2.75) is 26.6 Å². The van der Waals surface area contributed by atoms with Crippen LogP contribution in [0.1, 0.15) is 27.8 Å². The van der Waals surface area contributed by atoms with Crippen LogP contribution in [-0.2, 0) is 22.4 Å². The Kier molecular flexibility index (Phi) is 7.31. The molecule has 0 bridgehead atoms. The minimum atomic E-state index is -4.76. The van der Waals surface area contributed by atoms with E-state index in [2.05, 4.69) is 0 Å².